The van der Waals surface area contributed by atoms with Crippen LogP contribution in [-0.4, -0.2) is 16.0 Å². The van der Waals surface area contributed by atoms with Gasteiger partial charge in [-0.1, -0.05) is 58.0 Å². The first-order chi connectivity index (χ1) is 9.74. The topological polar surface area (TPSA) is 73.6 Å². The summed E-state index contributed by atoms with van der Waals surface area (Å²) < 4.78 is 8.69. The van der Waals surface area contributed by atoms with Crippen molar-refractivity contribution in [2.75, 3.05) is 0 Å². The number of amides is 1. The van der Waals surface area contributed by atoms with Crippen molar-refractivity contribution in [3.8, 4) is 5.75 Å². The molecule has 1 unspecified atom stereocenters. The van der Waals surface area contributed by atoms with Crippen molar-refractivity contribution in [3.05, 3.63) is 33.8 Å². The number of carbonyl (C=O) groups excluding carboxylic acids is 1. The van der Waals surface area contributed by atoms with Gasteiger partial charge in [0.25, 0.3) is 16.0 Å². The second kappa shape index (κ2) is 6.28. The fourth-order valence-corrected chi connectivity index (χ4v) is 2.18. The molecule has 1 aromatic rings. The Bertz CT molecular complexity index is 610. The van der Waals surface area contributed by atoms with Crippen molar-refractivity contribution >= 4 is 69.7 Å². The normalized spacial score (nSPS) is 17.4. The largest absolute Gasteiger partial charge is 0.450 e. The Morgan fingerprint density at radius 1 is 1.24 bits per heavy atom. The van der Waals surface area contributed by atoms with Crippen LogP contribution in [0.4, 0.5) is 0 Å². The van der Waals surface area contributed by atoms with Crippen molar-refractivity contribution in [3.63, 3.8) is 0 Å². The predicted molar refractivity (Wildman–Crippen MR) is 82.5 cm³/mol. The molecule has 1 atom stereocenters. The molecule has 0 aliphatic carbocycles. The number of fused-ring (bicyclic) bond motifs is 1. The van der Waals surface area contributed by atoms with Crippen molar-refractivity contribution in [2.45, 2.75) is 10.1 Å². The third kappa shape index (κ3) is 3.62. The van der Waals surface area contributed by atoms with Crippen LogP contribution in [0.25, 0.3) is 5.76 Å². The van der Waals surface area contributed by atoms with Gasteiger partial charge in [-0.2, -0.15) is 0 Å². The third-order valence-electron chi connectivity index (χ3n) is 2.52. The van der Waals surface area contributed by atoms with Crippen LogP contribution in [0.5, 0.6) is 5.75 Å². The number of hydrogen-bond donors (Lipinski definition) is 2. The van der Waals surface area contributed by atoms with E-state index in [2.05, 4.69) is 0 Å². The summed E-state index contributed by atoms with van der Waals surface area (Å²) in [5.41, 5.74) is 2.59. The molecule has 1 heterocycles. The lowest BCUT2D eigenvalue weighted by atomic mass is 10.1. The van der Waals surface area contributed by atoms with Crippen molar-refractivity contribution in [1.29, 1.82) is 0 Å². The Morgan fingerprint density at radius 3 is 2.43 bits per heavy atom. The summed E-state index contributed by atoms with van der Waals surface area (Å²) in [5.74, 6) is 4.89. The molecule has 1 aromatic carbocycles. The molecule has 5 nitrogen and oxygen atoms in total. The minimum atomic E-state index is -1.86. The molecule has 0 aromatic heterocycles. The molecule has 0 radical (unpaired) electrons. The van der Waals surface area contributed by atoms with E-state index >= 15 is 0 Å². The van der Waals surface area contributed by atoms with Crippen LogP contribution in [-0.2, 0) is 4.74 Å². The van der Waals surface area contributed by atoms with Gasteiger partial charge in [0.1, 0.15) is 10.2 Å². The molecule has 0 fully saturated rings. The Morgan fingerprint density at radius 2 is 1.90 bits per heavy atom. The molecule has 2 rings (SSSR count). The number of halogens is 5. The highest BCUT2D eigenvalue weighted by Crippen LogP contribution is 2.44. The van der Waals surface area contributed by atoms with Crippen LogP contribution in [0.1, 0.15) is 15.9 Å². The highest BCUT2D eigenvalue weighted by atomic mass is 35.6. The molecule has 0 bridgehead atoms. The minimum absolute atomic E-state index is 0.0302. The van der Waals surface area contributed by atoms with Gasteiger partial charge >= 0.3 is 0 Å². The average Bonchev–Trinajstić information content (AvgIpc) is 2.43. The second-order valence-corrected chi connectivity index (χ2v) is 7.20. The maximum Gasteiger partial charge on any atom is 0.288 e. The second-order valence-electron chi connectivity index (χ2n) is 3.88. The van der Waals surface area contributed by atoms with Crippen molar-refractivity contribution < 1.29 is 14.3 Å². The quantitative estimate of drug-likeness (QED) is 0.332. The highest BCUT2D eigenvalue weighted by molar-refractivity contribution is 6.68. The van der Waals surface area contributed by atoms with Gasteiger partial charge in [-0.25, -0.2) is 5.84 Å². The number of rotatable bonds is 1. The summed E-state index contributed by atoms with van der Waals surface area (Å²) in [6.07, 6.45) is -1.24. The minimum Gasteiger partial charge on any atom is -0.450 e. The molecular weight excluding hydrogens is 385 g/mol. The van der Waals surface area contributed by atoms with Gasteiger partial charge in [0, 0.05) is 5.56 Å². The zero-order valence-corrected chi connectivity index (χ0v) is 13.8. The molecule has 3 N–H and O–H groups in total. The maximum atomic E-state index is 11.5. The summed E-state index contributed by atoms with van der Waals surface area (Å²) in [6.45, 7) is 0. The van der Waals surface area contributed by atoms with Gasteiger partial charge in [0.2, 0.25) is 0 Å². The van der Waals surface area contributed by atoms with Gasteiger partial charge < -0.3 is 9.47 Å². The lowest BCUT2D eigenvalue weighted by molar-refractivity contribution is -0.0248. The van der Waals surface area contributed by atoms with Gasteiger partial charge in [0.15, 0.2) is 5.76 Å². The van der Waals surface area contributed by atoms with Crippen LogP contribution in [0.3, 0.4) is 0 Å². The number of nitrogens with two attached hydrogens (primary N) is 1. The number of nitrogens with one attached hydrogen (secondary N) is 1. The molecule has 0 saturated heterocycles. The molecule has 1 aliphatic rings. The summed E-state index contributed by atoms with van der Waals surface area (Å²) in [4.78, 5) is 11.5. The predicted octanol–water partition coefficient (Wildman–Crippen LogP) is 3.50. The number of alkyl halides is 3. The molecule has 10 heteroatoms. The molecule has 1 amide bonds. The fraction of sp³-hybridized carbons (Fsp3) is 0.182. The van der Waals surface area contributed by atoms with E-state index in [9.17, 15) is 4.79 Å². The standard InChI is InChI=1S/C11H7Cl5N2O3/c12-8(13)7-5-3-4(9(19)18-17)1-2-6(5)20-10(21-7)11(14,15)16/h1-3,10H,17H2,(H,18,19). The van der Waals surface area contributed by atoms with E-state index in [0.29, 0.717) is 11.3 Å². The lowest BCUT2D eigenvalue weighted by Crippen LogP contribution is -2.37. The summed E-state index contributed by atoms with van der Waals surface area (Å²) >= 11 is 28.8. The highest BCUT2D eigenvalue weighted by Gasteiger charge is 2.41. The van der Waals surface area contributed by atoms with E-state index < -0.39 is 16.0 Å². The molecule has 0 spiro atoms. The Labute approximate surface area is 144 Å². The molecule has 21 heavy (non-hydrogen) atoms. The van der Waals surface area contributed by atoms with Crippen LogP contribution in [0, 0.1) is 0 Å². The van der Waals surface area contributed by atoms with Gasteiger partial charge in [-0.3, -0.25) is 10.2 Å². The Kier molecular flexibility index (Phi) is 5.03. The fourth-order valence-electron chi connectivity index (χ4n) is 1.62. The van der Waals surface area contributed by atoms with E-state index in [1.807, 2.05) is 5.43 Å². The van der Waals surface area contributed by atoms with Crippen molar-refractivity contribution in [1.82, 2.24) is 5.43 Å². The summed E-state index contributed by atoms with van der Waals surface area (Å²) in [5, 5.41) is 0. The van der Waals surface area contributed by atoms with Crippen LogP contribution in [0.2, 0.25) is 0 Å². The SMILES string of the molecule is NNC(=O)c1ccc2c(c1)C(=C(Cl)Cl)OC(C(Cl)(Cl)Cl)O2. The van der Waals surface area contributed by atoms with Crippen LogP contribution < -0.4 is 16.0 Å². The number of benzene rings is 1. The molecule has 1 aliphatic heterocycles. The number of hydrazine groups is 1. The Balaban J connectivity index is 2.51. The molecule has 0 saturated carbocycles. The number of carbonyl (C=O) groups is 1. The first kappa shape index (κ1) is 16.8. The first-order valence-corrected chi connectivity index (χ1v) is 7.23. The third-order valence-corrected chi connectivity index (χ3v) is 3.39. The Hall–Kier alpha value is -0.560. The van der Waals surface area contributed by atoms with Crippen LogP contribution in [0.15, 0.2) is 22.7 Å². The van der Waals surface area contributed by atoms with Gasteiger partial charge in [-0.15, -0.1) is 0 Å². The number of ether oxygens (including phenoxy) is 2. The molecule has 114 valence electrons. The van der Waals surface area contributed by atoms with E-state index in [1.54, 1.807) is 0 Å². The first-order valence-electron chi connectivity index (χ1n) is 5.34. The number of hydrogen-bond acceptors (Lipinski definition) is 4. The zero-order chi connectivity index (χ0) is 15.8. The van der Waals surface area contributed by atoms with E-state index in [-0.39, 0.29) is 15.8 Å². The van der Waals surface area contributed by atoms with Gasteiger partial charge in [0.05, 0.1) is 5.56 Å². The van der Waals surface area contributed by atoms with E-state index in [0.717, 1.165) is 0 Å². The van der Waals surface area contributed by atoms with Crippen molar-refractivity contribution in [2.24, 2.45) is 5.84 Å². The smallest absolute Gasteiger partial charge is 0.288 e. The zero-order valence-electron chi connectivity index (χ0n) is 10.0. The van der Waals surface area contributed by atoms with E-state index in [4.69, 9.17) is 73.3 Å². The summed E-state index contributed by atoms with van der Waals surface area (Å²) in [7, 11) is 0. The maximum absolute atomic E-state index is 11.5. The van der Waals surface area contributed by atoms with Crippen LogP contribution >= 0.6 is 58.0 Å². The lowest BCUT2D eigenvalue weighted by Gasteiger charge is -2.32. The molecular formula is C11H7Cl5N2O3. The monoisotopic (exact) mass is 390 g/mol. The summed E-state index contributed by atoms with van der Waals surface area (Å²) in [6, 6.07) is 4.40. The average molecular weight is 392 g/mol. The van der Waals surface area contributed by atoms with E-state index in [1.165, 1.54) is 18.2 Å². The van der Waals surface area contributed by atoms with Gasteiger partial charge in [-0.05, 0) is 18.2 Å². The number of nitrogen functional groups attached to an aromatic ring is 1.